The highest BCUT2D eigenvalue weighted by molar-refractivity contribution is 5.88. The van der Waals surface area contributed by atoms with Gasteiger partial charge >= 0.3 is 11.9 Å². The van der Waals surface area contributed by atoms with Crippen LogP contribution in [0.3, 0.4) is 0 Å². The number of nitrogens with zero attached hydrogens (tertiary/aromatic N) is 1. The third kappa shape index (κ3) is 7.02. The van der Waals surface area contributed by atoms with Gasteiger partial charge in [-0.2, -0.15) is 5.26 Å². The SMILES string of the molecule is C=C(CC=CC(=O)O)C(=O)OCCC#N. The van der Waals surface area contributed by atoms with Crippen molar-refractivity contribution < 1.29 is 19.4 Å². The maximum absolute atomic E-state index is 11.1. The van der Waals surface area contributed by atoms with Crippen LogP contribution in [0.15, 0.2) is 24.3 Å². The average molecular weight is 209 g/mol. The van der Waals surface area contributed by atoms with E-state index in [0.29, 0.717) is 0 Å². The largest absolute Gasteiger partial charge is 0.478 e. The molecule has 0 bridgehead atoms. The molecule has 0 rings (SSSR count). The van der Waals surface area contributed by atoms with E-state index in [-0.39, 0.29) is 25.0 Å². The van der Waals surface area contributed by atoms with E-state index in [1.165, 1.54) is 6.08 Å². The zero-order valence-electron chi connectivity index (χ0n) is 8.10. The molecule has 1 N–H and O–H groups in total. The van der Waals surface area contributed by atoms with E-state index in [9.17, 15) is 9.59 Å². The molecule has 0 saturated heterocycles. The van der Waals surface area contributed by atoms with Gasteiger partial charge in [-0.25, -0.2) is 9.59 Å². The third-order valence-corrected chi connectivity index (χ3v) is 1.36. The molecule has 0 amide bonds. The molecule has 0 aromatic heterocycles. The normalized spacial score (nSPS) is 9.53. The van der Waals surface area contributed by atoms with Gasteiger partial charge in [-0.15, -0.1) is 0 Å². The minimum atomic E-state index is -1.08. The van der Waals surface area contributed by atoms with E-state index in [1.54, 1.807) is 0 Å². The van der Waals surface area contributed by atoms with Crippen molar-refractivity contribution in [1.82, 2.24) is 0 Å². The fourth-order valence-corrected chi connectivity index (χ4v) is 0.677. The Hall–Kier alpha value is -2.09. The van der Waals surface area contributed by atoms with E-state index in [2.05, 4.69) is 11.3 Å². The molecule has 0 heterocycles. The van der Waals surface area contributed by atoms with Crippen molar-refractivity contribution in [2.24, 2.45) is 0 Å². The molecule has 0 aliphatic carbocycles. The first kappa shape index (κ1) is 12.9. The summed E-state index contributed by atoms with van der Waals surface area (Å²) in [4.78, 5) is 21.2. The van der Waals surface area contributed by atoms with Crippen LogP contribution < -0.4 is 0 Å². The zero-order chi connectivity index (χ0) is 11.7. The molecule has 0 aliphatic heterocycles. The van der Waals surface area contributed by atoms with Crippen LogP contribution in [-0.2, 0) is 14.3 Å². The summed E-state index contributed by atoms with van der Waals surface area (Å²) in [5, 5.41) is 16.4. The number of esters is 1. The van der Waals surface area contributed by atoms with Crippen LogP contribution in [0.1, 0.15) is 12.8 Å². The number of hydrogen-bond donors (Lipinski definition) is 1. The predicted molar refractivity (Wildman–Crippen MR) is 51.7 cm³/mol. The maximum atomic E-state index is 11.1. The van der Waals surface area contributed by atoms with E-state index in [0.717, 1.165) is 6.08 Å². The van der Waals surface area contributed by atoms with Gasteiger partial charge in [0.2, 0.25) is 0 Å². The summed E-state index contributed by atoms with van der Waals surface area (Å²) >= 11 is 0. The van der Waals surface area contributed by atoms with Gasteiger partial charge in [0, 0.05) is 11.6 Å². The Labute approximate surface area is 87.3 Å². The third-order valence-electron chi connectivity index (χ3n) is 1.36. The summed E-state index contributed by atoms with van der Waals surface area (Å²) in [6.07, 6.45) is 2.48. The van der Waals surface area contributed by atoms with Crippen molar-refractivity contribution in [1.29, 1.82) is 5.26 Å². The summed E-state index contributed by atoms with van der Waals surface area (Å²) in [6, 6.07) is 1.82. The summed E-state index contributed by atoms with van der Waals surface area (Å²) in [5.41, 5.74) is 0.158. The maximum Gasteiger partial charge on any atom is 0.333 e. The molecule has 15 heavy (non-hydrogen) atoms. The van der Waals surface area contributed by atoms with Gasteiger partial charge in [0.05, 0.1) is 12.5 Å². The highest BCUT2D eigenvalue weighted by atomic mass is 16.5. The second kappa shape index (κ2) is 7.33. The lowest BCUT2D eigenvalue weighted by molar-refractivity contribution is -0.139. The molecule has 0 atom stereocenters. The number of carboxylic acids is 1. The lowest BCUT2D eigenvalue weighted by atomic mass is 10.2. The topological polar surface area (TPSA) is 87.4 Å². The number of rotatable bonds is 6. The van der Waals surface area contributed by atoms with Crippen LogP contribution in [0, 0.1) is 11.3 Å². The minimum Gasteiger partial charge on any atom is -0.478 e. The predicted octanol–water partition coefficient (Wildman–Crippen LogP) is 1.03. The lowest BCUT2D eigenvalue weighted by Crippen LogP contribution is -2.07. The smallest absolute Gasteiger partial charge is 0.333 e. The van der Waals surface area contributed by atoms with Gasteiger partial charge in [0.15, 0.2) is 0 Å². The molecule has 0 aromatic rings. The second-order valence-corrected chi connectivity index (χ2v) is 2.59. The van der Waals surface area contributed by atoms with Crippen molar-refractivity contribution >= 4 is 11.9 Å². The number of hydrogen-bond acceptors (Lipinski definition) is 4. The summed E-state index contributed by atoms with van der Waals surface area (Å²) < 4.78 is 4.66. The van der Waals surface area contributed by atoms with Gasteiger partial charge in [-0.05, 0) is 6.42 Å². The molecule has 0 aliphatic rings. The van der Waals surface area contributed by atoms with Crippen LogP contribution in [0.5, 0.6) is 0 Å². The first-order valence-electron chi connectivity index (χ1n) is 4.19. The Morgan fingerprint density at radius 1 is 1.53 bits per heavy atom. The summed E-state index contributed by atoms with van der Waals surface area (Å²) in [6.45, 7) is 3.45. The average Bonchev–Trinajstić information content (AvgIpc) is 2.17. The fourth-order valence-electron chi connectivity index (χ4n) is 0.677. The number of carbonyl (C=O) groups excluding carboxylic acids is 1. The monoisotopic (exact) mass is 209 g/mol. The van der Waals surface area contributed by atoms with Crippen molar-refractivity contribution in [2.45, 2.75) is 12.8 Å². The number of nitriles is 1. The molecule has 5 heteroatoms. The van der Waals surface area contributed by atoms with Gasteiger partial charge in [-0.1, -0.05) is 12.7 Å². The molecule has 0 fully saturated rings. The van der Waals surface area contributed by atoms with Crippen LogP contribution in [0.4, 0.5) is 0 Å². The van der Waals surface area contributed by atoms with Crippen LogP contribution in [0.2, 0.25) is 0 Å². The Balaban J connectivity index is 3.85. The van der Waals surface area contributed by atoms with Gasteiger partial charge < -0.3 is 9.84 Å². The van der Waals surface area contributed by atoms with Crippen LogP contribution >= 0.6 is 0 Å². The lowest BCUT2D eigenvalue weighted by Gasteiger charge is -2.02. The number of carbonyl (C=O) groups is 2. The van der Waals surface area contributed by atoms with Gasteiger partial charge in [0.25, 0.3) is 0 Å². The molecule has 0 radical (unpaired) electrons. The Morgan fingerprint density at radius 3 is 2.73 bits per heavy atom. The number of aliphatic carboxylic acids is 1. The number of allylic oxidation sites excluding steroid dienone is 1. The molecule has 0 saturated carbocycles. The molecular formula is C10H11NO4. The van der Waals surface area contributed by atoms with Crippen molar-refractivity contribution in [3.63, 3.8) is 0 Å². The zero-order valence-corrected chi connectivity index (χ0v) is 8.10. The van der Waals surface area contributed by atoms with Crippen molar-refractivity contribution in [3.8, 4) is 6.07 Å². The first-order valence-corrected chi connectivity index (χ1v) is 4.19. The van der Waals surface area contributed by atoms with E-state index in [4.69, 9.17) is 10.4 Å². The molecule has 0 spiro atoms. The quantitative estimate of drug-likeness (QED) is 0.401. The molecule has 0 aromatic carbocycles. The fraction of sp³-hybridized carbons (Fsp3) is 0.300. The van der Waals surface area contributed by atoms with Gasteiger partial charge in [-0.3, -0.25) is 0 Å². The second-order valence-electron chi connectivity index (χ2n) is 2.59. The van der Waals surface area contributed by atoms with Crippen molar-refractivity contribution in [3.05, 3.63) is 24.3 Å². The molecule has 0 unspecified atom stereocenters. The molecule has 5 nitrogen and oxygen atoms in total. The van der Waals surface area contributed by atoms with E-state index < -0.39 is 11.9 Å². The molecular weight excluding hydrogens is 198 g/mol. The highest BCUT2D eigenvalue weighted by Crippen LogP contribution is 2.02. The highest BCUT2D eigenvalue weighted by Gasteiger charge is 2.06. The molecule has 80 valence electrons. The van der Waals surface area contributed by atoms with Crippen molar-refractivity contribution in [2.75, 3.05) is 6.61 Å². The van der Waals surface area contributed by atoms with E-state index in [1.807, 2.05) is 6.07 Å². The Kier molecular flexibility index (Phi) is 6.31. The number of carboxylic acid groups (broad SMARTS) is 1. The van der Waals surface area contributed by atoms with E-state index >= 15 is 0 Å². The first-order chi connectivity index (χ1) is 7.07. The Bertz CT molecular complexity index is 325. The van der Waals surface area contributed by atoms with Crippen LogP contribution in [0.25, 0.3) is 0 Å². The standard InChI is InChI=1S/C10H11NO4/c1-8(4-2-5-9(12)13)10(14)15-7-3-6-11/h2,5H,1,3-4,7H2,(H,12,13). The van der Waals surface area contributed by atoms with Gasteiger partial charge in [0.1, 0.15) is 6.61 Å². The Morgan fingerprint density at radius 2 is 2.20 bits per heavy atom. The van der Waals surface area contributed by atoms with Crippen LogP contribution in [-0.4, -0.2) is 23.7 Å². The number of ether oxygens (including phenoxy) is 1. The summed E-state index contributed by atoms with van der Waals surface area (Å²) in [5.74, 6) is -1.69. The summed E-state index contributed by atoms with van der Waals surface area (Å²) in [7, 11) is 0. The minimum absolute atomic E-state index is 0.0248.